The first-order valence-corrected chi connectivity index (χ1v) is 13.8. The number of dihydropyridines is 1. The van der Waals surface area contributed by atoms with Gasteiger partial charge in [0.05, 0.1) is 33.0 Å². The maximum Gasteiger partial charge on any atom is 0.336 e. The largest absolute Gasteiger partial charge is 0.493 e. The van der Waals surface area contributed by atoms with Crippen molar-refractivity contribution in [2.45, 2.75) is 58.8 Å². The molecule has 1 aliphatic heterocycles. The molecule has 2 atom stereocenters. The van der Waals surface area contributed by atoms with Crippen molar-refractivity contribution in [1.82, 2.24) is 5.32 Å². The van der Waals surface area contributed by atoms with E-state index in [0.717, 1.165) is 11.3 Å². The number of hydrogen-bond acceptors (Lipinski definition) is 9. The second-order valence-corrected chi connectivity index (χ2v) is 10.0. The number of carbonyl (C=O) groups excluding carboxylic acids is 3. The minimum absolute atomic E-state index is 0.0705. The van der Waals surface area contributed by atoms with E-state index in [2.05, 4.69) is 5.32 Å². The number of rotatable bonds is 10. The predicted molar refractivity (Wildman–Crippen MR) is 152 cm³/mol. The summed E-state index contributed by atoms with van der Waals surface area (Å²) in [5.41, 5.74) is 3.91. The van der Waals surface area contributed by atoms with Crippen molar-refractivity contribution < 1.29 is 38.1 Å². The lowest BCUT2D eigenvalue weighted by Crippen LogP contribution is -2.36. The Hall–Kier alpha value is -4.27. The highest BCUT2D eigenvalue weighted by atomic mass is 16.6. The molecule has 0 amide bonds. The summed E-state index contributed by atoms with van der Waals surface area (Å²) in [6, 6.07) is 10.8. The van der Waals surface area contributed by atoms with Crippen LogP contribution in [0, 0.1) is 0 Å². The van der Waals surface area contributed by atoms with Gasteiger partial charge in [0.25, 0.3) is 0 Å². The molecule has 41 heavy (non-hydrogen) atoms. The maximum absolute atomic E-state index is 14.0. The van der Waals surface area contributed by atoms with Crippen LogP contribution >= 0.6 is 0 Å². The van der Waals surface area contributed by atoms with Gasteiger partial charge < -0.3 is 29.0 Å². The summed E-state index contributed by atoms with van der Waals surface area (Å²) in [6.45, 7) is 7.49. The van der Waals surface area contributed by atoms with Crippen molar-refractivity contribution in [3.05, 3.63) is 70.1 Å². The van der Waals surface area contributed by atoms with Gasteiger partial charge >= 0.3 is 11.9 Å². The second-order valence-electron chi connectivity index (χ2n) is 10.0. The highest BCUT2D eigenvalue weighted by Crippen LogP contribution is 2.47. The van der Waals surface area contributed by atoms with Crippen LogP contribution in [0.4, 0.5) is 0 Å². The zero-order valence-corrected chi connectivity index (χ0v) is 24.4. The number of Topliss-reactive ketones (excluding diaryl/α,β-unsaturated/α-hetero) is 1. The van der Waals surface area contributed by atoms with Crippen LogP contribution in [0.15, 0.2) is 58.9 Å². The van der Waals surface area contributed by atoms with Gasteiger partial charge in [-0.2, -0.15) is 0 Å². The number of methoxy groups -OCH3 is 2. The molecule has 0 saturated carbocycles. The van der Waals surface area contributed by atoms with Gasteiger partial charge in [-0.1, -0.05) is 19.1 Å². The highest BCUT2D eigenvalue weighted by molar-refractivity contribution is 6.04. The lowest BCUT2D eigenvalue weighted by Gasteiger charge is -2.37. The van der Waals surface area contributed by atoms with Crippen molar-refractivity contribution >= 4 is 17.7 Å². The number of benzene rings is 2. The van der Waals surface area contributed by atoms with Crippen LogP contribution in [0.5, 0.6) is 23.0 Å². The third kappa shape index (κ3) is 6.24. The zero-order chi connectivity index (χ0) is 29.7. The van der Waals surface area contributed by atoms with Crippen LogP contribution < -0.4 is 24.3 Å². The molecule has 2 unspecified atom stereocenters. The van der Waals surface area contributed by atoms with E-state index < -0.39 is 17.9 Å². The molecule has 2 aliphatic rings. The van der Waals surface area contributed by atoms with Gasteiger partial charge in [-0.25, -0.2) is 4.79 Å². The number of hydrogen-bond donors (Lipinski definition) is 1. The summed E-state index contributed by atoms with van der Waals surface area (Å²) in [7, 11) is 3.16. The minimum Gasteiger partial charge on any atom is -0.493 e. The summed E-state index contributed by atoms with van der Waals surface area (Å²) < 4.78 is 27.6. The van der Waals surface area contributed by atoms with Gasteiger partial charge in [0.1, 0.15) is 0 Å². The van der Waals surface area contributed by atoms with E-state index in [-0.39, 0.29) is 30.5 Å². The molecule has 0 radical (unpaired) electrons. The molecular formula is C32H37NO8. The zero-order valence-electron chi connectivity index (χ0n) is 24.4. The molecule has 218 valence electrons. The molecule has 0 aromatic heterocycles. The fourth-order valence-electron chi connectivity index (χ4n) is 5.47. The molecule has 0 saturated heterocycles. The van der Waals surface area contributed by atoms with Gasteiger partial charge in [-0.3, -0.25) is 9.59 Å². The Balaban J connectivity index is 1.81. The van der Waals surface area contributed by atoms with Crippen molar-refractivity contribution in [3.8, 4) is 23.0 Å². The molecular weight excluding hydrogens is 526 g/mol. The van der Waals surface area contributed by atoms with E-state index in [1.807, 2.05) is 39.0 Å². The van der Waals surface area contributed by atoms with Crippen molar-refractivity contribution in [2.75, 3.05) is 27.4 Å². The molecule has 9 heteroatoms. The van der Waals surface area contributed by atoms with Gasteiger partial charge in [-0.15, -0.1) is 0 Å². The molecule has 1 N–H and O–H groups in total. The van der Waals surface area contributed by atoms with Crippen LogP contribution in [0.1, 0.15) is 69.9 Å². The van der Waals surface area contributed by atoms with E-state index in [9.17, 15) is 14.4 Å². The van der Waals surface area contributed by atoms with E-state index >= 15 is 0 Å². The van der Waals surface area contributed by atoms with Crippen molar-refractivity contribution in [3.63, 3.8) is 0 Å². The number of esters is 2. The monoisotopic (exact) mass is 563 g/mol. The quantitative estimate of drug-likeness (QED) is 0.302. The Morgan fingerprint density at radius 2 is 1.61 bits per heavy atom. The Bertz CT molecular complexity index is 1410. The van der Waals surface area contributed by atoms with Gasteiger partial charge in [0.2, 0.25) is 0 Å². The molecule has 2 aromatic rings. The molecule has 0 fully saturated rings. The molecule has 0 spiro atoms. The molecule has 1 heterocycles. The lowest BCUT2D eigenvalue weighted by atomic mass is 9.71. The first-order valence-electron chi connectivity index (χ1n) is 13.8. The fourth-order valence-corrected chi connectivity index (χ4v) is 5.47. The smallest absolute Gasteiger partial charge is 0.336 e. The predicted octanol–water partition coefficient (Wildman–Crippen LogP) is 5.34. The molecule has 2 aromatic carbocycles. The topological polar surface area (TPSA) is 109 Å². The molecule has 9 nitrogen and oxygen atoms in total. The highest BCUT2D eigenvalue weighted by Gasteiger charge is 2.42. The fraction of sp³-hybridized carbons (Fsp3) is 0.406. The van der Waals surface area contributed by atoms with Gasteiger partial charge in [0.15, 0.2) is 28.8 Å². The average molecular weight is 564 g/mol. The second kappa shape index (κ2) is 12.9. The maximum atomic E-state index is 14.0. The van der Waals surface area contributed by atoms with E-state index in [1.165, 1.54) is 6.92 Å². The third-order valence-electron chi connectivity index (χ3n) is 7.22. The summed E-state index contributed by atoms with van der Waals surface area (Å²) in [5.74, 6) is 0.0289. The lowest BCUT2D eigenvalue weighted by molar-refractivity contribution is -0.139. The average Bonchev–Trinajstić information content (AvgIpc) is 2.95. The minimum atomic E-state index is -0.681. The van der Waals surface area contributed by atoms with E-state index in [0.29, 0.717) is 59.1 Å². The molecule has 4 rings (SSSR count). The van der Waals surface area contributed by atoms with E-state index in [1.54, 1.807) is 32.4 Å². The third-order valence-corrected chi connectivity index (χ3v) is 7.22. The van der Waals surface area contributed by atoms with Gasteiger partial charge in [0, 0.05) is 36.2 Å². The summed E-state index contributed by atoms with van der Waals surface area (Å²) in [5, 5.41) is 3.37. The van der Waals surface area contributed by atoms with Crippen molar-refractivity contribution in [1.29, 1.82) is 0 Å². The first kappa shape index (κ1) is 29.7. The van der Waals surface area contributed by atoms with Crippen LogP contribution in [0.2, 0.25) is 0 Å². The summed E-state index contributed by atoms with van der Waals surface area (Å²) in [4.78, 5) is 39.0. The van der Waals surface area contributed by atoms with Gasteiger partial charge in [-0.05, 0) is 68.0 Å². The normalized spacial score (nSPS) is 18.3. The summed E-state index contributed by atoms with van der Waals surface area (Å²) >= 11 is 0. The van der Waals surface area contributed by atoms with Crippen molar-refractivity contribution in [2.24, 2.45) is 0 Å². The van der Waals surface area contributed by atoms with E-state index in [4.69, 9.17) is 23.7 Å². The number of ketones is 1. The molecule has 1 aliphatic carbocycles. The Morgan fingerprint density at radius 1 is 0.927 bits per heavy atom. The number of allylic oxidation sites excluding steroid dienone is 3. The standard InChI is InChI=1S/C32H37NO8/c1-7-13-40-32(36)29-18(3)33-23-14-22(20-9-11-25(37-5)27(16-20)38-6)15-24(35)31(23)30(29)21-10-12-26(41-19(4)34)28(17-21)39-8-2/h9-12,16-17,22,30,33H,7-8,13-15H2,1-6H3. The summed E-state index contributed by atoms with van der Waals surface area (Å²) in [6.07, 6.45) is 1.49. The molecule has 0 bridgehead atoms. The van der Waals surface area contributed by atoms with Crippen LogP contribution in [0.25, 0.3) is 0 Å². The number of nitrogens with one attached hydrogen (secondary N) is 1. The Morgan fingerprint density at radius 3 is 2.27 bits per heavy atom. The van der Waals surface area contributed by atoms with Crippen LogP contribution in [-0.2, 0) is 19.1 Å². The van der Waals surface area contributed by atoms with Crippen LogP contribution in [0.3, 0.4) is 0 Å². The Kier molecular flexibility index (Phi) is 9.37. The Labute approximate surface area is 240 Å². The first-order chi connectivity index (χ1) is 19.7. The van der Waals surface area contributed by atoms with Crippen LogP contribution in [-0.4, -0.2) is 45.2 Å². The SMILES string of the molecule is CCCOC(=O)C1=C(C)NC2=C(C(=O)CC(c3ccc(OC)c(OC)c3)C2)C1c1ccc(OC(C)=O)c(OCC)c1. The number of carbonyl (C=O) groups is 3. The number of ether oxygens (including phenoxy) is 5.